The average Bonchev–Trinajstić information content (AvgIpc) is 3.08. The smallest absolute Gasteiger partial charge is 0.246 e. The van der Waals surface area contributed by atoms with Gasteiger partial charge in [-0.05, 0) is 44.7 Å². The molecule has 124 valence electrons. The van der Waals surface area contributed by atoms with Crippen molar-refractivity contribution < 1.29 is 13.7 Å². The summed E-state index contributed by atoms with van der Waals surface area (Å²) in [5, 5.41) is 7.10. The summed E-state index contributed by atoms with van der Waals surface area (Å²) in [6.07, 6.45) is 4.50. The highest BCUT2D eigenvalue weighted by Crippen LogP contribution is 2.16. The molecular formula is C16H22N4O3. The van der Waals surface area contributed by atoms with E-state index in [1.807, 2.05) is 13.0 Å². The number of aryl methyl sites for hydroxylation is 2. The molecule has 1 unspecified atom stereocenters. The molecule has 0 saturated carbocycles. The number of nitrogens with zero attached hydrogens (tertiary/aromatic N) is 3. The third-order valence-corrected chi connectivity index (χ3v) is 4.15. The van der Waals surface area contributed by atoms with Gasteiger partial charge in [-0.3, -0.25) is 10.1 Å². The van der Waals surface area contributed by atoms with Gasteiger partial charge in [0.05, 0.1) is 18.8 Å². The van der Waals surface area contributed by atoms with Crippen LogP contribution in [0.1, 0.15) is 42.3 Å². The Bertz CT molecular complexity index is 664. The molecule has 2 aromatic rings. The van der Waals surface area contributed by atoms with Gasteiger partial charge < -0.3 is 13.8 Å². The van der Waals surface area contributed by atoms with E-state index in [9.17, 15) is 4.79 Å². The Kier molecular flexibility index (Phi) is 4.76. The number of likely N-dealkylation sites (tertiary alicyclic amines) is 1. The van der Waals surface area contributed by atoms with Gasteiger partial charge in [-0.1, -0.05) is 5.16 Å². The Hall–Kier alpha value is -2.15. The highest BCUT2D eigenvalue weighted by Gasteiger charge is 2.28. The molecule has 1 aliphatic heterocycles. The lowest BCUT2D eigenvalue weighted by atomic mass is 10.1. The molecule has 2 aromatic heterocycles. The second-order valence-electron chi connectivity index (χ2n) is 5.95. The van der Waals surface area contributed by atoms with Crippen molar-refractivity contribution >= 4 is 5.91 Å². The molecular weight excluding hydrogens is 296 g/mol. The minimum Gasteiger partial charge on any atom is -0.468 e. The number of hydrogen-bond acceptors (Lipinski definition) is 6. The topological polar surface area (TPSA) is 84.4 Å². The molecule has 0 spiro atoms. The molecule has 3 rings (SSSR count). The number of carbonyl (C=O) groups excluding carboxylic acids is 1. The van der Waals surface area contributed by atoms with Gasteiger partial charge in [-0.15, -0.1) is 0 Å². The van der Waals surface area contributed by atoms with Crippen LogP contribution in [0.5, 0.6) is 0 Å². The van der Waals surface area contributed by atoms with Crippen molar-refractivity contribution in [1.29, 1.82) is 0 Å². The van der Waals surface area contributed by atoms with E-state index in [1.165, 1.54) is 0 Å². The standard InChI is InChI=1S/C16H22N4O3/c1-11-6-8-22-14(11)9-17-13-5-3-4-7-20(16(13)21)10-15-18-12(2)19-23-15/h6,8,13,17H,3-5,7,9-10H2,1-2H3. The Balaban J connectivity index is 1.63. The van der Waals surface area contributed by atoms with Gasteiger partial charge in [0.25, 0.3) is 0 Å². The van der Waals surface area contributed by atoms with E-state index in [4.69, 9.17) is 8.94 Å². The molecule has 0 radical (unpaired) electrons. The number of nitrogens with one attached hydrogen (secondary N) is 1. The second kappa shape index (κ2) is 6.95. The first-order valence-corrected chi connectivity index (χ1v) is 7.98. The van der Waals surface area contributed by atoms with Crippen LogP contribution in [-0.2, 0) is 17.9 Å². The highest BCUT2D eigenvalue weighted by atomic mass is 16.5. The van der Waals surface area contributed by atoms with Gasteiger partial charge in [0.1, 0.15) is 12.3 Å². The Labute approximate surface area is 135 Å². The number of rotatable bonds is 5. The summed E-state index contributed by atoms with van der Waals surface area (Å²) in [5.41, 5.74) is 1.09. The Morgan fingerprint density at radius 1 is 1.39 bits per heavy atom. The average molecular weight is 318 g/mol. The van der Waals surface area contributed by atoms with Crippen LogP contribution in [0.4, 0.5) is 0 Å². The largest absolute Gasteiger partial charge is 0.468 e. The lowest BCUT2D eigenvalue weighted by molar-refractivity contribution is -0.133. The molecule has 0 bridgehead atoms. The van der Waals surface area contributed by atoms with Crippen LogP contribution in [0.25, 0.3) is 0 Å². The van der Waals surface area contributed by atoms with Gasteiger partial charge in [-0.25, -0.2) is 0 Å². The van der Waals surface area contributed by atoms with Crippen LogP contribution >= 0.6 is 0 Å². The van der Waals surface area contributed by atoms with Crippen molar-refractivity contribution in [2.24, 2.45) is 0 Å². The van der Waals surface area contributed by atoms with Crippen LogP contribution in [0.3, 0.4) is 0 Å². The summed E-state index contributed by atoms with van der Waals surface area (Å²) < 4.78 is 10.6. The molecule has 1 fully saturated rings. The van der Waals surface area contributed by atoms with E-state index in [0.29, 0.717) is 24.8 Å². The van der Waals surface area contributed by atoms with E-state index < -0.39 is 0 Å². The first-order chi connectivity index (χ1) is 11.1. The molecule has 23 heavy (non-hydrogen) atoms. The minimum atomic E-state index is -0.203. The molecule has 7 nitrogen and oxygen atoms in total. The number of aromatic nitrogens is 2. The first-order valence-electron chi connectivity index (χ1n) is 7.98. The quantitative estimate of drug-likeness (QED) is 0.907. The van der Waals surface area contributed by atoms with Crippen molar-refractivity contribution in [2.75, 3.05) is 6.54 Å². The van der Waals surface area contributed by atoms with E-state index in [1.54, 1.807) is 18.1 Å². The van der Waals surface area contributed by atoms with E-state index >= 15 is 0 Å². The fourth-order valence-electron chi connectivity index (χ4n) is 2.82. The summed E-state index contributed by atoms with van der Waals surface area (Å²) in [6, 6.07) is 1.72. The Morgan fingerprint density at radius 3 is 2.96 bits per heavy atom. The first kappa shape index (κ1) is 15.7. The van der Waals surface area contributed by atoms with Crippen LogP contribution in [0.15, 0.2) is 21.3 Å². The highest BCUT2D eigenvalue weighted by molar-refractivity contribution is 5.82. The molecule has 1 atom stereocenters. The third kappa shape index (κ3) is 3.79. The van der Waals surface area contributed by atoms with Crippen molar-refractivity contribution in [3.63, 3.8) is 0 Å². The maximum atomic E-state index is 12.7. The number of hydrogen-bond donors (Lipinski definition) is 1. The molecule has 1 aliphatic rings. The number of amides is 1. The summed E-state index contributed by atoms with van der Waals surface area (Å²) >= 11 is 0. The maximum absolute atomic E-state index is 12.7. The SMILES string of the molecule is Cc1noc(CN2CCCCC(NCc3occc3C)C2=O)n1. The van der Waals surface area contributed by atoms with Gasteiger partial charge >= 0.3 is 0 Å². The van der Waals surface area contributed by atoms with Crippen LogP contribution in [0.2, 0.25) is 0 Å². The molecule has 1 saturated heterocycles. The maximum Gasteiger partial charge on any atom is 0.246 e. The fourth-order valence-corrected chi connectivity index (χ4v) is 2.82. The zero-order chi connectivity index (χ0) is 16.2. The molecule has 7 heteroatoms. The fraction of sp³-hybridized carbons (Fsp3) is 0.562. The molecule has 0 aromatic carbocycles. The molecule has 1 amide bonds. The predicted octanol–water partition coefficient (Wildman–Crippen LogP) is 1.95. The van der Waals surface area contributed by atoms with E-state index in [-0.39, 0.29) is 11.9 Å². The van der Waals surface area contributed by atoms with E-state index in [2.05, 4.69) is 15.5 Å². The van der Waals surface area contributed by atoms with Crippen LogP contribution in [0, 0.1) is 13.8 Å². The summed E-state index contributed by atoms with van der Waals surface area (Å²) in [7, 11) is 0. The van der Waals surface area contributed by atoms with Crippen LogP contribution < -0.4 is 5.32 Å². The lowest BCUT2D eigenvalue weighted by Crippen LogP contribution is -2.44. The normalized spacial score (nSPS) is 19.1. The van der Waals surface area contributed by atoms with E-state index in [0.717, 1.165) is 37.1 Å². The second-order valence-corrected chi connectivity index (χ2v) is 5.95. The van der Waals surface area contributed by atoms with Crippen molar-refractivity contribution in [1.82, 2.24) is 20.4 Å². The summed E-state index contributed by atoms with van der Waals surface area (Å²) in [5.74, 6) is 2.03. The summed E-state index contributed by atoms with van der Waals surface area (Å²) in [4.78, 5) is 18.7. The zero-order valence-corrected chi connectivity index (χ0v) is 13.5. The van der Waals surface area contributed by atoms with Gasteiger partial charge in [0, 0.05) is 6.54 Å². The third-order valence-electron chi connectivity index (χ3n) is 4.15. The molecule has 3 heterocycles. The number of furan rings is 1. The van der Waals surface area contributed by atoms with Gasteiger partial charge in [0.15, 0.2) is 5.82 Å². The number of carbonyl (C=O) groups is 1. The zero-order valence-electron chi connectivity index (χ0n) is 13.5. The molecule has 0 aliphatic carbocycles. The van der Waals surface area contributed by atoms with Crippen molar-refractivity contribution in [3.8, 4) is 0 Å². The van der Waals surface area contributed by atoms with Crippen LogP contribution in [-0.4, -0.2) is 33.5 Å². The lowest BCUT2D eigenvalue weighted by Gasteiger charge is -2.23. The Morgan fingerprint density at radius 2 is 2.26 bits per heavy atom. The monoisotopic (exact) mass is 318 g/mol. The summed E-state index contributed by atoms with van der Waals surface area (Å²) in [6.45, 7) is 5.42. The predicted molar refractivity (Wildman–Crippen MR) is 82.4 cm³/mol. The van der Waals surface area contributed by atoms with Crippen molar-refractivity contribution in [3.05, 3.63) is 35.4 Å². The molecule has 1 N–H and O–H groups in total. The minimum absolute atomic E-state index is 0.0857. The van der Waals surface area contributed by atoms with Gasteiger partial charge in [-0.2, -0.15) is 4.98 Å². The van der Waals surface area contributed by atoms with Crippen molar-refractivity contribution in [2.45, 2.75) is 52.2 Å². The van der Waals surface area contributed by atoms with Gasteiger partial charge in [0.2, 0.25) is 11.8 Å².